The highest BCUT2D eigenvalue weighted by Gasteiger charge is 2.22. The number of urea groups is 1. The van der Waals surface area contributed by atoms with Crippen LogP contribution in [-0.4, -0.2) is 42.0 Å². The zero-order valence-electron chi connectivity index (χ0n) is 10.3. The molecular formula is C13H24N2O. The molecule has 0 unspecified atom stereocenters. The van der Waals surface area contributed by atoms with Crippen LogP contribution in [0.3, 0.4) is 0 Å². The Kier molecular flexibility index (Phi) is 4.49. The normalized spacial score (nSPS) is 24.9. The van der Waals surface area contributed by atoms with Crippen LogP contribution in [0, 0.1) is 0 Å². The second kappa shape index (κ2) is 6.12. The first kappa shape index (κ1) is 11.7. The molecule has 2 aliphatic heterocycles. The molecule has 0 N–H and O–H groups in total. The van der Waals surface area contributed by atoms with Crippen LogP contribution in [0.4, 0.5) is 4.79 Å². The van der Waals surface area contributed by atoms with Gasteiger partial charge >= 0.3 is 6.03 Å². The van der Waals surface area contributed by atoms with Gasteiger partial charge in [0, 0.05) is 26.2 Å². The van der Waals surface area contributed by atoms with E-state index in [-0.39, 0.29) is 0 Å². The lowest BCUT2D eigenvalue weighted by Gasteiger charge is -2.29. The van der Waals surface area contributed by atoms with Crippen LogP contribution >= 0.6 is 0 Å². The van der Waals surface area contributed by atoms with E-state index < -0.39 is 0 Å². The third-order valence-corrected chi connectivity index (χ3v) is 3.75. The molecule has 0 aliphatic carbocycles. The minimum Gasteiger partial charge on any atom is -0.325 e. The summed E-state index contributed by atoms with van der Waals surface area (Å²) in [6, 6.07) is 0.309. The summed E-state index contributed by atoms with van der Waals surface area (Å²) in [5, 5.41) is 0. The first-order chi connectivity index (χ1) is 7.88. The molecule has 16 heavy (non-hydrogen) atoms. The summed E-state index contributed by atoms with van der Waals surface area (Å²) in [7, 11) is 0. The van der Waals surface area contributed by atoms with E-state index in [0.717, 1.165) is 26.2 Å². The predicted molar refractivity (Wildman–Crippen MR) is 65.5 cm³/mol. The van der Waals surface area contributed by atoms with E-state index in [1.165, 1.54) is 51.4 Å². The highest BCUT2D eigenvalue weighted by molar-refractivity contribution is 5.74. The maximum absolute atomic E-state index is 12.3. The van der Waals surface area contributed by atoms with Crippen molar-refractivity contribution in [3.8, 4) is 0 Å². The van der Waals surface area contributed by atoms with Gasteiger partial charge in [0.2, 0.25) is 0 Å². The quantitative estimate of drug-likeness (QED) is 0.620. The van der Waals surface area contributed by atoms with Gasteiger partial charge in [-0.25, -0.2) is 4.79 Å². The maximum atomic E-state index is 12.3. The van der Waals surface area contributed by atoms with Gasteiger partial charge < -0.3 is 9.80 Å². The first-order valence-corrected chi connectivity index (χ1v) is 6.92. The van der Waals surface area contributed by atoms with Crippen molar-refractivity contribution in [2.24, 2.45) is 0 Å². The third-order valence-electron chi connectivity index (χ3n) is 3.75. The minimum atomic E-state index is 0.309. The Morgan fingerprint density at radius 2 is 0.875 bits per heavy atom. The van der Waals surface area contributed by atoms with Gasteiger partial charge in [0.25, 0.3) is 0 Å². The topological polar surface area (TPSA) is 23.6 Å². The number of fused-ring (bicyclic) bond motifs is 2. The highest BCUT2D eigenvalue weighted by atomic mass is 16.2. The summed E-state index contributed by atoms with van der Waals surface area (Å²) in [6.45, 7) is 3.93. The molecule has 2 amide bonds. The van der Waals surface area contributed by atoms with Crippen molar-refractivity contribution in [2.45, 2.75) is 51.4 Å². The molecule has 0 saturated carbocycles. The molecule has 3 nitrogen and oxygen atoms in total. The fourth-order valence-electron chi connectivity index (χ4n) is 2.72. The SMILES string of the molecule is O=C1N2CCCCCCN1CCCCCC2. The molecule has 0 radical (unpaired) electrons. The van der Waals surface area contributed by atoms with Crippen LogP contribution in [-0.2, 0) is 0 Å². The van der Waals surface area contributed by atoms with Crippen LogP contribution < -0.4 is 0 Å². The molecule has 2 saturated heterocycles. The van der Waals surface area contributed by atoms with Gasteiger partial charge in [0.1, 0.15) is 0 Å². The van der Waals surface area contributed by atoms with Crippen molar-refractivity contribution in [3.63, 3.8) is 0 Å². The molecule has 0 aromatic carbocycles. The first-order valence-electron chi connectivity index (χ1n) is 6.92. The summed E-state index contributed by atoms with van der Waals surface area (Å²) in [6.07, 6.45) is 9.93. The van der Waals surface area contributed by atoms with Crippen molar-refractivity contribution >= 4 is 6.03 Å². The van der Waals surface area contributed by atoms with Gasteiger partial charge in [0.05, 0.1) is 0 Å². The van der Waals surface area contributed by atoms with E-state index in [9.17, 15) is 4.79 Å². The number of rotatable bonds is 0. The average Bonchev–Trinajstić information content (AvgIpc) is 2.43. The number of hydrogen-bond donors (Lipinski definition) is 0. The lowest BCUT2D eigenvalue weighted by Crippen LogP contribution is -2.44. The Morgan fingerprint density at radius 1 is 0.562 bits per heavy atom. The minimum absolute atomic E-state index is 0.309. The van der Waals surface area contributed by atoms with Gasteiger partial charge in [-0.1, -0.05) is 25.7 Å². The van der Waals surface area contributed by atoms with E-state index in [0.29, 0.717) is 6.03 Å². The standard InChI is InChI=1S/C13H24N2O/c16-13-14-9-5-1-2-6-10-15(13)12-8-4-3-7-11-14/h1-12H2. The number of carbonyl (C=O) groups excluding carboxylic acids is 1. The smallest absolute Gasteiger partial charge is 0.319 e. The van der Waals surface area contributed by atoms with Crippen molar-refractivity contribution in [3.05, 3.63) is 0 Å². The number of amides is 2. The number of carbonyl (C=O) groups is 1. The zero-order valence-corrected chi connectivity index (χ0v) is 10.3. The molecule has 3 heteroatoms. The summed E-state index contributed by atoms with van der Waals surface area (Å²) >= 11 is 0. The molecular weight excluding hydrogens is 200 g/mol. The van der Waals surface area contributed by atoms with Gasteiger partial charge in [0.15, 0.2) is 0 Å². The molecule has 92 valence electrons. The van der Waals surface area contributed by atoms with E-state index in [1.807, 2.05) is 0 Å². The van der Waals surface area contributed by atoms with Crippen LogP contribution in [0.15, 0.2) is 0 Å². The largest absolute Gasteiger partial charge is 0.325 e. The Balaban J connectivity index is 2.04. The van der Waals surface area contributed by atoms with Crippen LogP contribution in [0.25, 0.3) is 0 Å². The number of hydrogen-bond acceptors (Lipinski definition) is 1. The van der Waals surface area contributed by atoms with Gasteiger partial charge in [-0.05, 0) is 25.7 Å². The lowest BCUT2D eigenvalue weighted by atomic mass is 10.1. The lowest BCUT2D eigenvalue weighted by molar-refractivity contribution is 0.156. The fraction of sp³-hybridized carbons (Fsp3) is 0.923. The van der Waals surface area contributed by atoms with Crippen LogP contribution in [0.1, 0.15) is 51.4 Å². The molecule has 2 bridgehead atoms. The zero-order chi connectivity index (χ0) is 11.2. The maximum Gasteiger partial charge on any atom is 0.319 e. The number of nitrogens with zero attached hydrogens (tertiary/aromatic N) is 2. The van der Waals surface area contributed by atoms with Gasteiger partial charge in [-0.15, -0.1) is 0 Å². The second-order valence-corrected chi connectivity index (χ2v) is 5.09. The highest BCUT2D eigenvalue weighted by Crippen LogP contribution is 2.15. The molecule has 2 heterocycles. The van der Waals surface area contributed by atoms with E-state index in [2.05, 4.69) is 9.80 Å². The van der Waals surface area contributed by atoms with E-state index in [4.69, 9.17) is 0 Å². The molecule has 0 aromatic heterocycles. The molecule has 0 atom stereocenters. The van der Waals surface area contributed by atoms with Gasteiger partial charge in [-0.3, -0.25) is 0 Å². The molecule has 2 aliphatic rings. The summed E-state index contributed by atoms with van der Waals surface area (Å²) in [5.41, 5.74) is 0. The summed E-state index contributed by atoms with van der Waals surface area (Å²) < 4.78 is 0. The average molecular weight is 224 g/mol. The van der Waals surface area contributed by atoms with Crippen molar-refractivity contribution in [1.82, 2.24) is 9.80 Å². The Hall–Kier alpha value is -0.730. The van der Waals surface area contributed by atoms with E-state index >= 15 is 0 Å². The monoisotopic (exact) mass is 224 g/mol. The predicted octanol–water partition coefficient (Wildman–Crippen LogP) is 2.86. The summed E-state index contributed by atoms with van der Waals surface area (Å²) in [4.78, 5) is 16.5. The molecule has 2 rings (SSSR count). The van der Waals surface area contributed by atoms with Crippen molar-refractivity contribution < 1.29 is 4.79 Å². The van der Waals surface area contributed by atoms with Crippen molar-refractivity contribution in [2.75, 3.05) is 26.2 Å². The van der Waals surface area contributed by atoms with Crippen LogP contribution in [0.2, 0.25) is 0 Å². The van der Waals surface area contributed by atoms with Crippen LogP contribution in [0.5, 0.6) is 0 Å². The second-order valence-electron chi connectivity index (χ2n) is 5.09. The molecule has 0 aromatic rings. The summed E-state index contributed by atoms with van der Waals surface area (Å²) in [5.74, 6) is 0. The fourth-order valence-corrected chi connectivity index (χ4v) is 2.72. The van der Waals surface area contributed by atoms with Crippen molar-refractivity contribution in [1.29, 1.82) is 0 Å². The Labute approximate surface area is 98.8 Å². The van der Waals surface area contributed by atoms with Gasteiger partial charge in [-0.2, -0.15) is 0 Å². The van der Waals surface area contributed by atoms with E-state index in [1.54, 1.807) is 0 Å². The Morgan fingerprint density at radius 3 is 1.19 bits per heavy atom. The molecule has 2 fully saturated rings. The third kappa shape index (κ3) is 3.13. The molecule has 0 spiro atoms. The Bertz CT molecular complexity index is 192.